The zero-order valence-electron chi connectivity index (χ0n) is 8.24. The van der Waals surface area contributed by atoms with Crippen LogP contribution < -0.4 is 4.72 Å². The maximum atomic E-state index is 11.4. The zero-order chi connectivity index (χ0) is 11.3. The van der Waals surface area contributed by atoms with E-state index in [9.17, 15) is 13.2 Å². The third kappa shape index (κ3) is 4.36. The van der Waals surface area contributed by atoms with Gasteiger partial charge in [0.15, 0.2) is 0 Å². The average molecular weight is 256 g/mol. The maximum absolute atomic E-state index is 11.4. The molecule has 1 fully saturated rings. The first-order valence-electron chi connectivity index (χ1n) is 4.78. The van der Waals surface area contributed by atoms with Crippen molar-refractivity contribution in [2.75, 3.05) is 18.2 Å². The second kappa shape index (κ2) is 5.67. The molecule has 0 saturated carbocycles. The van der Waals surface area contributed by atoms with Crippen LogP contribution in [0.5, 0.6) is 0 Å². The van der Waals surface area contributed by atoms with E-state index in [2.05, 4.69) is 9.46 Å². The number of alkyl halides is 1. The van der Waals surface area contributed by atoms with E-state index in [1.165, 1.54) is 0 Å². The number of halogens is 1. The van der Waals surface area contributed by atoms with Gasteiger partial charge in [0.05, 0.1) is 12.4 Å². The summed E-state index contributed by atoms with van der Waals surface area (Å²) in [6.45, 7) is 0.285. The van der Waals surface area contributed by atoms with Crippen LogP contribution in [0.3, 0.4) is 0 Å². The van der Waals surface area contributed by atoms with Crippen LogP contribution in [0, 0.1) is 0 Å². The molecule has 88 valence electrons. The Morgan fingerprint density at radius 1 is 1.47 bits per heavy atom. The predicted molar refractivity (Wildman–Crippen MR) is 56.2 cm³/mol. The van der Waals surface area contributed by atoms with Gasteiger partial charge in [-0.05, 0) is 12.8 Å². The molecule has 1 aliphatic heterocycles. The number of cyclic esters (lactones) is 1. The molecule has 0 aliphatic carbocycles. The zero-order valence-corrected chi connectivity index (χ0v) is 9.81. The molecule has 1 heterocycles. The Morgan fingerprint density at radius 3 is 2.73 bits per heavy atom. The molecule has 1 aliphatic rings. The van der Waals surface area contributed by atoms with Crippen molar-refractivity contribution in [1.29, 1.82) is 0 Å². The lowest BCUT2D eigenvalue weighted by molar-refractivity contribution is -0.139. The van der Waals surface area contributed by atoms with Crippen molar-refractivity contribution < 1.29 is 17.9 Å². The van der Waals surface area contributed by atoms with E-state index in [4.69, 9.17) is 11.6 Å². The molecule has 1 unspecified atom stereocenters. The van der Waals surface area contributed by atoms with Crippen molar-refractivity contribution in [1.82, 2.24) is 4.72 Å². The van der Waals surface area contributed by atoms with Gasteiger partial charge in [0.1, 0.15) is 6.04 Å². The van der Waals surface area contributed by atoms with Crippen molar-refractivity contribution in [2.45, 2.75) is 25.3 Å². The van der Waals surface area contributed by atoms with Crippen LogP contribution in [-0.2, 0) is 19.6 Å². The van der Waals surface area contributed by atoms with Gasteiger partial charge in [0, 0.05) is 12.3 Å². The third-order valence-corrected chi connectivity index (χ3v) is 3.79. The summed E-state index contributed by atoms with van der Waals surface area (Å²) < 4.78 is 29.9. The Hall–Kier alpha value is -0.330. The van der Waals surface area contributed by atoms with Crippen LogP contribution in [0.4, 0.5) is 0 Å². The van der Waals surface area contributed by atoms with Gasteiger partial charge in [-0.2, -0.15) is 0 Å². The molecule has 0 aromatic carbocycles. The summed E-state index contributed by atoms with van der Waals surface area (Å²) in [6, 6.07) is -0.703. The largest absolute Gasteiger partial charge is 0.464 e. The van der Waals surface area contributed by atoms with E-state index in [1.54, 1.807) is 0 Å². The molecule has 0 radical (unpaired) electrons. The molecule has 7 heteroatoms. The molecule has 0 spiro atoms. The molecule has 0 bridgehead atoms. The van der Waals surface area contributed by atoms with Gasteiger partial charge in [-0.15, -0.1) is 11.6 Å². The van der Waals surface area contributed by atoms with Crippen molar-refractivity contribution in [3.8, 4) is 0 Å². The SMILES string of the molecule is O=C1OCCC1NS(=O)(=O)CCCCCl. The van der Waals surface area contributed by atoms with E-state index < -0.39 is 22.0 Å². The Bertz CT molecular complexity index is 317. The molecule has 0 aromatic rings. The Labute approximate surface area is 94.2 Å². The maximum Gasteiger partial charge on any atom is 0.324 e. The topological polar surface area (TPSA) is 72.5 Å². The number of carbonyl (C=O) groups excluding carboxylic acids is 1. The van der Waals surface area contributed by atoms with Gasteiger partial charge in [-0.1, -0.05) is 0 Å². The van der Waals surface area contributed by atoms with Gasteiger partial charge in [-0.25, -0.2) is 13.1 Å². The average Bonchev–Trinajstić information content (AvgIpc) is 2.51. The summed E-state index contributed by atoms with van der Waals surface area (Å²) >= 11 is 5.43. The van der Waals surface area contributed by atoms with Gasteiger partial charge >= 0.3 is 5.97 Å². The highest BCUT2D eigenvalue weighted by atomic mass is 35.5. The van der Waals surface area contributed by atoms with Gasteiger partial charge in [0.25, 0.3) is 0 Å². The second-order valence-corrected chi connectivity index (χ2v) is 5.59. The van der Waals surface area contributed by atoms with Gasteiger partial charge in [-0.3, -0.25) is 4.79 Å². The fraction of sp³-hybridized carbons (Fsp3) is 0.875. The van der Waals surface area contributed by atoms with Gasteiger partial charge in [0.2, 0.25) is 10.0 Å². The molecule has 1 N–H and O–H groups in total. The highest BCUT2D eigenvalue weighted by Gasteiger charge is 2.30. The van der Waals surface area contributed by atoms with Crippen molar-refractivity contribution >= 4 is 27.6 Å². The van der Waals surface area contributed by atoms with E-state index in [-0.39, 0.29) is 12.4 Å². The number of nitrogens with one attached hydrogen (secondary N) is 1. The van der Waals surface area contributed by atoms with Crippen LogP contribution in [0.25, 0.3) is 0 Å². The molecule has 1 atom stereocenters. The quantitative estimate of drug-likeness (QED) is 0.419. The molecule has 1 saturated heterocycles. The van der Waals surface area contributed by atoms with E-state index in [0.717, 1.165) is 0 Å². The molecular formula is C8H14ClNO4S. The first kappa shape index (κ1) is 12.7. The van der Waals surface area contributed by atoms with E-state index >= 15 is 0 Å². The summed E-state index contributed by atoms with van der Waals surface area (Å²) in [4.78, 5) is 11.0. The summed E-state index contributed by atoms with van der Waals surface area (Å²) in [5.74, 6) is -0.0410. The lowest BCUT2D eigenvalue weighted by Gasteiger charge is -2.08. The van der Waals surface area contributed by atoms with Crippen molar-refractivity contribution in [3.63, 3.8) is 0 Å². The molecule has 0 amide bonds. The molecular weight excluding hydrogens is 242 g/mol. The minimum absolute atomic E-state index is 0.00347. The first-order valence-corrected chi connectivity index (χ1v) is 6.96. The minimum Gasteiger partial charge on any atom is -0.464 e. The Morgan fingerprint density at radius 2 is 2.20 bits per heavy atom. The van der Waals surface area contributed by atoms with Crippen LogP contribution in [0.2, 0.25) is 0 Å². The normalized spacial score (nSPS) is 21.7. The van der Waals surface area contributed by atoms with Crippen molar-refractivity contribution in [2.24, 2.45) is 0 Å². The van der Waals surface area contributed by atoms with E-state index in [1.807, 2.05) is 0 Å². The van der Waals surface area contributed by atoms with Gasteiger partial charge < -0.3 is 4.74 Å². The minimum atomic E-state index is -3.38. The van der Waals surface area contributed by atoms with Crippen LogP contribution in [0.15, 0.2) is 0 Å². The lowest BCUT2D eigenvalue weighted by Crippen LogP contribution is -2.39. The monoisotopic (exact) mass is 255 g/mol. The highest BCUT2D eigenvalue weighted by molar-refractivity contribution is 7.89. The fourth-order valence-corrected chi connectivity index (χ4v) is 2.80. The third-order valence-electron chi connectivity index (χ3n) is 2.05. The Kier molecular flexibility index (Phi) is 4.82. The molecule has 5 nitrogen and oxygen atoms in total. The standard InChI is InChI=1S/C8H14ClNO4S/c9-4-1-2-6-15(12,13)10-7-3-5-14-8(7)11/h7,10H,1-6H2. The number of hydrogen-bond donors (Lipinski definition) is 1. The van der Waals surface area contributed by atoms with Crippen LogP contribution in [0.1, 0.15) is 19.3 Å². The number of sulfonamides is 1. The first-order chi connectivity index (χ1) is 7.05. The number of unbranched alkanes of at least 4 members (excludes halogenated alkanes) is 1. The summed E-state index contributed by atoms with van der Waals surface area (Å²) in [5.41, 5.74) is 0. The lowest BCUT2D eigenvalue weighted by atomic mass is 10.3. The smallest absolute Gasteiger partial charge is 0.324 e. The van der Waals surface area contributed by atoms with Crippen LogP contribution >= 0.6 is 11.6 Å². The number of carbonyl (C=O) groups is 1. The molecule has 1 rings (SSSR count). The summed E-state index contributed by atoms with van der Waals surface area (Å²) in [7, 11) is -3.38. The number of ether oxygens (including phenoxy) is 1. The number of rotatable bonds is 6. The Balaban J connectivity index is 2.38. The molecule has 15 heavy (non-hydrogen) atoms. The second-order valence-electron chi connectivity index (χ2n) is 3.34. The fourth-order valence-electron chi connectivity index (χ4n) is 1.27. The summed E-state index contributed by atoms with van der Waals surface area (Å²) in [5, 5.41) is 0. The number of esters is 1. The van der Waals surface area contributed by atoms with Crippen molar-refractivity contribution in [3.05, 3.63) is 0 Å². The summed E-state index contributed by atoms with van der Waals surface area (Å²) in [6.07, 6.45) is 1.56. The highest BCUT2D eigenvalue weighted by Crippen LogP contribution is 2.08. The van der Waals surface area contributed by atoms with E-state index in [0.29, 0.717) is 25.1 Å². The number of hydrogen-bond acceptors (Lipinski definition) is 4. The molecule has 0 aromatic heterocycles. The predicted octanol–water partition coefficient (Wildman–Crippen LogP) is 0.240. The van der Waals surface area contributed by atoms with Crippen LogP contribution in [-0.4, -0.2) is 38.7 Å².